The molecule has 1 aliphatic rings. The Balaban J connectivity index is 1.78. The Kier molecular flexibility index (Phi) is 4.81. The molecule has 1 heterocycles. The maximum Gasteiger partial charge on any atom is 0.223 e. The van der Waals surface area contributed by atoms with E-state index in [1.165, 1.54) is 0 Å². The summed E-state index contributed by atoms with van der Waals surface area (Å²) in [5.41, 5.74) is 1.37. The molecule has 0 unspecified atom stereocenters. The number of carbonyl (C=O) groups is 1. The summed E-state index contributed by atoms with van der Waals surface area (Å²) in [6, 6.07) is 10.1. The van der Waals surface area contributed by atoms with Crippen LogP contribution in [0, 0.1) is 5.92 Å². The Morgan fingerprint density at radius 2 is 1.80 bits per heavy atom. The summed E-state index contributed by atoms with van der Waals surface area (Å²) < 4.78 is 0. The second-order valence-corrected chi connectivity index (χ2v) is 6.64. The molecular formula is C17H26N2O. The summed E-state index contributed by atoms with van der Waals surface area (Å²) in [5, 5.41) is 3.06. The molecule has 2 rings (SSSR count). The zero-order chi connectivity index (χ0) is 14.6. The van der Waals surface area contributed by atoms with Gasteiger partial charge in [-0.1, -0.05) is 30.3 Å². The van der Waals surface area contributed by atoms with Crippen LogP contribution < -0.4 is 5.32 Å². The van der Waals surface area contributed by atoms with Crippen LogP contribution in [0.15, 0.2) is 30.3 Å². The number of hydrogen-bond acceptors (Lipinski definition) is 2. The van der Waals surface area contributed by atoms with Crippen molar-refractivity contribution in [2.75, 3.05) is 13.1 Å². The molecule has 1 saturated heterocycles. The molecule has 0 bridgehead atoms. The van der Waals surface area contributed by atoms with E-state index in [9.17, 15) is 4.79 Å². The lowest BCUT2D eigenvalue weighted by Crippen LogP contribution is -2.48. The van der Waals surface area contributed by atoms with Crippen LogP contribution in [-0.2, 0) is 11.3 Å². The molecule has 1 N–H and O–H groups in total. The van der Waals surface area contributed by atoms with Crippen molar-refractivity contribution in [1.29, 1.82) is 0 Å². The number of nitrogens with zero attached hydrogens (tertiary/aromatic N) is 1. The molecule has 3 heteroatoms. The Bertz CT molecular complexity index is 428. The van der Waals surface area contributed by atoms with Gasteiger partial charge in [-0.3, -0.25) is 9.69 Å². The highest BCUT2D eigenvalue weighted by Crippen LogP contribution is 2.23. The summed E-state index contributed by atoms with van der Waals surface area (Å²) in [6.45, 7) is 9.40. The fourth-order valence-electron chi connectivity index (χ4n) is 2.74. The summed E-state index contributed by atoms with van der Waals surface area (Å²) in [7, 11) is 0. The van der Waals surface area contributed by atoms with Crippen molar-refractivity contribution >= 4 is 5.91 Å². The van der Waals surface area contributed by atoms with Crippen LogP contribution in [-0.4, -0.2) is 29.4 Å². The van der Waals surface area contributed by atoms with Crippen LogP contribution in [0.2, 0.25) is 0 Å². The average molecular weight is 274 g/mol. The number of nitrogens with one attached hydrogen (secondary N) is 1. The van der Waals surface area contributed by atoms with Crippen LogP contribution in [0.25, 0.3) is 0 Å². The molecule has 0 aromatic heterocycles. The largest absolute Gasteiger partial charge is 0.352 e. The van der Waals surface area contributed by atoms with Gasteiger partial charge in [0.25, 0.3) is 0 Å². The van der Waals surface area contributed by atoms with Crippen molar-refractivity contribution in [3.8, 4) is 0 Å². The number of benzene rings is 1. The molecule has 1 fully saturated rings. The summed E-state index contributed by atoms with van der Waals surface area (Å²) in [4.78, 5) is 14.7. The molecule has 110 valence electrons. The minimum atomic E-state index is 0.178. The number of rotatable bonds is 3. The molecule has 0 radical (unpaired) electrons. The van der Waals surface area contributed by atoms with E-state index in [1.807, 2.05) is 30.3 Å². The summed E-state index contributed by atoms with van der Waals surface area (Å²) in [5.74, 6) is 0.389. The molecule has 3 nitrogen and oxygen atoms in total. The first-order valence-corrected chi connectivity index (χ1v) is 7.53. The lowest BCUT2D eigenvalue weighted by molar-refractivity contribution is -0.127. The minimum absolute atomic E-state index is 0.178. The van der Waals surface area contributed by atoms with Crippen molar-refractivity contribution in [1.82, 2.24) is 10.2 Å². The number of piperidine rings is 1. The molecule has 1 aromatic carbocycles. The standard InChI is InChI=1S/C17H26N2O/c1-17(2,3)19-11-9-15(10-12-19)16(20)18-13-14-7-5-4-6-8-14/h4-8,15H,9-13H2,1-3H3,(H,18,20). The molecule has 0 saturated carbocycles. The van der Waals surface area contributed by atoms with Gasteiger partial charge in [0.1, 0.15) is 0 Å². The minimum Gasteiger partial charge on any atom is -0.352 e. The number of carbonyl (C=O) groups excluding carboxylic acids is 1. The monoisotopic (exact) mass is 274 g/mol. The van der Waals surface area contributed by atoms with Gasteiger partial charge in [-0.05, 0) is 52.3 Å². The first kappa shape index (κ1) is 15.0. The SMILES string of the molecule is CC(C)(C)N1CCC(C(=O)NCc2ccccc2)CC1. The van der Waals surface area contributed by atoms with E-state index in [2.05, 4.69) is 31.0 Å². The van der Waals surface area contributed by atoms with E-state index in [0.29, 0.717) is 6.54 Å². The predicted molar refractivity (Wildman–Crippen MR) is 82.3 cm³/mol. The summed E-state index contributed by atoms with van der Waals surface area (Å²) in [6.07, 6.45) is 1.94. The highest BCUT2D eigenvalue weighted by Gasteiger charge is 2.29. The van der Waals surface area contributed by atoms with Crippen molar-refractivity contribution < 1.29 is 4.79 Å². The fourth-order valence-corrected chi connectivity index (χ4v) is 2.74. The first-order valence-electron chi connectivity index (χ1n) is 7.53. The fraction of sp³-hybridized carbons (Fsp3) is 0.588. The Hall–Kier alpha value is -1.35. The van der Waals surface area contributed by atoms with Crippen LogP contribution in [0.4, 0.5) is 0 Å². The third-order valence-corrected chi connectivity index (χ3v) is 4.12. The first-order chi connectivity index (χ1) is 9.47. The van der Waals surface area contributed by atoms with E-state index >= 15 is 0 Å². The van der Waals surface area contributed by atoms with Gasteiger partial charge in [-0.2, -0.15) is 0 Å². The Morgan fingerprint density at radius 1 is 1.20 bits per heavy atom. The van der Waals surface area contributed by atoms with E-state index in [-0.39, 0.29) is 17.4 Å². The number of hydrogen-bond donors (Lipinski definition) is 1. The average Bonchev–Trinajstić information content (AvgIpc) is 2.45. The van der Waals surface area contributed by atoms with Gasteiger partial charge < -0.3 is 5.32 Å². The van der Waals surface area contributed by atoms with Gasteiger partial charge in [0, 0.05) is 18.0 Å². The van der Waals surface area contributed by atoms with Gasteiger partial charge in [-0.15, -0.1) is 0 Å². The van der Waals surface area contributed by atoms with E-state index in [4.69, 9.17) is 0 Å². The van der Waals surface area contributed by atoms with Gasteiger partial charge in [0.15, 0.2) is 0 Å². The number of amides is 1. The second kappa shape index (κ2) is 6.40. The zero-order valence-electron chi connectivity index (χ0n) is 12.9. The molecular weight excluding hydrogens is 248 g/mol. The molecule has 1 amide bonds. The third-order valence-electron chi connectivity index (χ3n) is 4.12. The van der Waals surface area contributed by atoms with E-state index < -0.39 is 0 Å². The van der Waals surface area contributed by atoms with Crippen LogP contribution in [0.3, 0.4) is 0 Å². The van der Waals surface area contributed by atoms with Gasteiger partial charge in [0.05, 0.1) is 0 Å². The zero-order valence-corrected chi connectivity index (χ0v) is 12.9. The van der Waals surface area contributed by atoms with Crippen molar-refractivity contribution in [2.45, 2.75) is 45.7 Å². The van der Waals surface area contributed by atoms with Crippen molar-refractivity contribution in [2.24, 2.45) is 5.92 Å². The lowest BCUT2D eigenvalue weighted by Gasteiger charge is -2.40. The second-order valence-electron chi connectivity index (χ2n) is 6.64. The normalized spacial score (nSPS) is 17.9. The Labute approximate surface area is 122 Å². The lowest BCUT2D eigenvalue weighted by atomic mass is 9.92. The van der Waals surface area contributed by atoms with E-state index in [0.717, 1.165) is 31.5 Å². The third kappa shape index (κ3) is 4.07. The molecule has 1 aromatic rings. The van der Waals surface area contributed by atoms with Gasteiger partial charge in [-0.25, -0.2) is 0 Å². The van der Waals surface area contributed by atoms with Crippen LogP contribution in [0.1, 0.15) is 39.2 Å². The molecule has 0 atom stereocenters. The maximum atomic E-state index is 12.2. The summed E-state index contributed by atoms with van der Waals surface area (Å²) >= 11 is 0. The van der Waals surface area contributed by atoms with Crippen molar-refractivity contribution in [3.63, 3.8) is 0 Å². The molecule has 1 aliphatic heterocycles. The molecule has 0 spiro atoms. The van der Waals surface area contributed by atoms with Gasteiger partial charge >= 0.3 is 0 Å². The highest BCUT2D eigenvalue weighted by atomic mass is 16.1. The van der Waals surface area contributed by atoms with Crippen molar-refractivity contribution in [3.05, 3.63) is 35.9 Å². The van der Waals surface area contributed by atoms with Crippen LogP contribution in [0.5, 0.6) is 0 Å². The maximum absolute atomic E-state index is 12.2. The number of likely N-dealkylation sites (tertiary alicyclic amines) is 1. The van der Waals surface area contributed by atoms with Crippen LogP contribution >= 0.6 is 0 Å². The quantitative estimate of drug-likeness (QED) is 0.919. The smallest absolute Gasteiger partial charge is 0.223 e. The van der Waals surface area contributed by atoms with Gasteiger partial charge in [0.2, 0.25) is 5.91 Å². The topological polar surface area (TPSA) is 32.3 Å². The highest BCUT2D eigenvalue weighted by molar-refractivity contribution is 5.78. The molecule has 20 heavy (non-hydrogen) atoms. The van der Waals surface area contributed by atoms with E-state index in [1.54, 1.807) is 0 Å². The molecule has 0 aliphatic carbocycles. The predicted octanol–water partition coefficient (Wildman–Crippen LogP) is 2.81. The Morgan fingerprint density at radius 3 is 2.35 bits per heavy atom.